The van der Waals surface area contributed by atoms with Gasteiger partial charge in [0.1, 0.15) is 0 Å². The molecule has 0 fully saturated rings. The van der Waals surface area contributed by atoms with E-state index in [-0.39, 0.29) is 24.8 Å². The summed E-state index contributed by atoms with van der Waals surface area (Å²) in [5.74, 6) is -0.389. The van der Waals surface area contributed by atoms with E-state index in [2.05, 4.69) is 5.32 Å². The molecule has 2 amide bonds. The highest BCUT2D eigenvalue weighted by molar-refractivity contribution is 6.35. The second kappa shape index (κ2) is 8.56. The first-order valence-electron chi connectivity index (χ1n) is 7.56. The fourth-order valence-corrected chi connectivity index (χ4v) is 3.18. The van der Waals surface area contributed by atoms with Crippen LogP contribution in [0.1, 0.15) is 18.9 Å². The minimum absolute atomic E-state index is 0.131. The number of carbonyl (C=O) groups excluding carboxylic acids is 2. The van der Waals surface area contributed by atoms with Gasteiger partial charge in [-0.05, 0) is 48.9 Å². The molecule has 0 saturated heterocycles. The number of carbonyl (C=O) groups is 2. The summed E-state index contributed by atoms with van der Waals surface area (Å²) in [5, 5.41) is 4.19. The average molecular weight is 400 g/mol. The normalized spacial score (nSPS) is 10.4. The van der Waals surface area contributed by atoms with Crippen molar-refractivity contribution in [2.45, 2.75) is 20.3 Å². The molecule has 0 aromatic heterocycles. The zero-order valence-corrected chi connectivity index (χ0v) is 16.0. The second-order valence-electron chi connectivity index (χ2n) is 5.56. The Morgan fingerprint density at radius 3 is 2.20 bits per heavy atom. The summed E-state index contributed by atoms with van der Waals surface area (Å²) in [6.45, 7) is 3.58. The van der Waals surface area contributed by atoms with E-state index in [0.717, 1.165) is 11.3 Å². The maximum absolute atomic E-state index is 12.2. The number of hydrogen-bond acceptors (Lipinski definition) is 2. The Hall–Kier alpha value is -1.75. The highest BCUT2D eigenvalue weighted by atomic mass is 35.5. The molecule has 0 atom stereocenters. The van der Waals surface area contributed by atoms with Crippen LogP contribution in [0.5, 0.6) is 0 Å². The summed E-state index contributed by atoms with van der Waals surface area (Å²) in [6.07, 6.45) is 0.131. The van der Waals surface area contributed by atoms with E-state index in [4.69, 9.17) is 34.8 Å². The highest BCUT2D eigenvalue weighted by Gasteiger charge is 2.16. The first-order chi connectivity index (χ1) is 11.8. The molecule has 0 saturated carbocycles. The molecule has 25 heavy (non-hydrogen) atoms. The Morgan fingerprint density at radius 2 is 1.64 bits per heavy atom. The molecule has 4 nitrogen and oxygen atoms in total. The van der Waals surface area contributed by atoms with E-state index >= 15 is 0 Å². The van der Waals surface area contributed by atoms with Gasteiger partial charge in [-0.2, -0.15) is 0 Å². The number of nitrogens with zero attached hydrogens (tertiary/aromatic N) is 1. The van der Waals surface area contributed by atoms with Gasteiger partial charge in [0.05, 0.1) is 0 Å². The Balaban J connectivity index is 2.05. The smallest absolute Gasteiger partial charge is 0.226 e. The summed E-state index contributed by atoms with van der Waals surface area (Å²) in [4.78, 5) is 25.7. The quantitative estimate of drug-likeness (QED) is 0.738. The standard InChI is InChI=1S/C18H17Cl3N2O2/c1-11-7-13(19)3-4-17(11)23(12(2)24)6-5-18(25)22-16-9-14(20)8-15(21)10-16/h3-4,7-10H,5-6H2,1-2H3,(H,22,25). The van der Waals surface area contributed by atoms with Gasteiger partial charge in [0.2, 0.25) is 11.8 Å². The van der Waals surface area contributed by atoms with Crippen molar-refractivity contribution in [2.75, 3.05) is 16.8 Å². The van der Waals surface area contributed by atoms with Crippen molar-refractivity contribution in [3.05, 3.63) is 57.0 Å². The maximum Gasteiger partial charge on any atom is 0.226 e. The molecule has 0 aliphatic carbocycles. The van der Waals surface area contributed by atoms with Crippen LogP contribution in [-0.2, 0) is 9.59 Å². The van der Waals surface area contributed by atoms with Gasteiger partial charge in [-0.15, -0.1) is 0 Å². The average Bonchev–Trinajstić information content (AvgIpc) is 2.47. The summed E-state index contributed by atoms with van der Waals surface area (Å²) < 4.78 is 0. The lowest BCUT2D eigenvalue weighted by Gasteiger charge is -2.23. The largest absolute Gasteiger partial charge is 0.326 e. The fourth-order valence-electron chi connectivity index (χ4n) is 2.43. The topological polar surface area (TPSA) is 49.4 Å². The monoisotopic (exact) mass is 398 g/mol. The van der Waals surface area contributed by atoms with Gasteiger partial charge in [-0.25, -0.2) is 0 Å². The van der Waals surface area contributed by atoms with E-state index in [9.17, 15) is 9.59 Å². The van der Waals surface area contributed by atoms with E-state index < -0.39 is 0 Å². The maximum atomic E-state index is 12.2. The van der Waals surface area contributed by atoms with Gasteiger partial charge in [0.25, 0.3) is 0 Å². The predicted octanol–water partition coefficient (Wildman–Crippen LogP) is 5.34. The molecule has 0 aliphatic rings. The third-order valence-corrected chi connectivity index (χ3v) is 4.21. The van der Waals surface area contributed by atoms with E-state index in [1.807, 2.05) is 6.92 Å². The van der Waals surface area contributed by atoms with Crippen molar-refractivity contribution in [1.82, 2.24) is 0 Å². The third-order valence-electron chi connectivity index (χ3n) is 3.54. The minimum Gasteiger partial charge on any atom is -0.326 e. The molecule has 0 radical (unpaired) electrons. The molecule has 7 heteroatoms. The van der Waals surface area contributed by atoms with Crippen LogP contribution in [0, 0.1) is 6.92 Å². The van der Waals surface area contributed by atoms with Gasteiger partial charge >= 0.3 is 0 Å². The lowest BCUT2D eigenvalue weighted by atomic mass is 10.1. The Morgan fingerprint density at radius 1 is 1.00 bits per heavy atom. The zero-order chi connectivity index (χ0) is 18.6. The molecule has 0 spiro atoms. The number of aryl methyl sites for hydroxylation is 1. The van der Waals surface area contributed by atoms with Gasteiger partial charge in [0.15, 0.2) is 0 Å². The van der Waals surface area contributed by atoms with Crippen molar-refractivity contribution in [1.29, 1.82) is 0 Å². The Bertz CT molecular complexity index is 789. The molecule has 0 bridgehead atoms. The van der Waals surface area contributed by atoms with Gasteiger partial charge in [-0.1, -0.05) is 34.8 Å². The van der Waals surface area contributed by atoms with Crippen molar-refractivity contribution in [3.63, 3.8) is 0 Å². The van der Waals surface area contributed by atoms with E-state index in [0.29, 0.717) is 20.8 Å². The first kappa shape index (κ1) is 19.6. The van der Waals surface area contributed by atoms with Crippen LogP contribution in [0.15, 0.2) is 36.4 Å². The molecule has 132 valence electrons. The SMILES string of the molecule is CC(=O)N(CCC(=O)Nc1cc(Cl)cc(Cl)c1)c1ccc(Cl)cc1C. The Labute approximate surface area is 161 Å². The lowest BCUT2D eigenvalue weighted by molar-refractivity contribution is -0.117. The number of halogens is 3. The highest BCUT2D eigenvalue weighted by Crippen LogP contribution is 2.25. The van der Waals surface area contributed by atoms with Crippen LogP contribution in [0.2, 0.25) is 15.1 Å². The summed E-state index contributed by atoms with van der Waals surface area (Å²) in [6, 6.07) is 10.1. The van der Waals surface area contributed by atoms with Crippen LogP contribution in [0.3, 0.4) is 0 Å². The van der Waals surface area contributed by atoms with Crippen molar-refractivity contribution in [2.24, 2.45) is 0 Å². The summed E-state index contributed by atoms with van der Waals surface area (Å²) >= 11 is 17.8. The van der Waals surface area contributed by atoms with Crippen molar-refractivity contribution < 1.29 is 9.59 Å². The molecule has 0 heterocycles. The van der Waals surface area contributed by atoms with Gasteiger partial charge < -0.3 is 10.2 Å². The molecular formula is C18H17Cl3N2O2. The van der Waals surface area contributed by atoms with Crippen molar-refractivity contribution >= 4 is 58.0 Å². The number of amides is 2. The number of benzene rings is 2. The third kappa shape index (κ3) is 5.63. The number of rotatable bonds is 5. The minimum atomic E-state index is -0.240. The Kier molecular flexibility index (Phi) is 6.71. The molecule has 2 rings (SSSR count). The number of anilines is 2. The second-order valence-corrected chi connectivity index (χ2v) is 6.87. The summed E-state index contributed by atoms with van der Waals surface area (Å²) in [5.41, 5.74) is 2.11. The van der Waals surface area contributed by atoms with Crippen LogP contribution < -0.4 is 10.2 Å². The molecule has 2 aromatic carbocycles. The van der Waals surface area contributed by atoms with E-state index in [1.165, 1.54) is 6.92 Å². The molecule has 0 unspecified atom stereocenters. The van der Waals surface area contributed by atoms with Crippen LogP contribution in [0.4, 0.5) is 11.4 Å². The first-order valence-corrected chi connectivity index (χ1v) is 8.70. The van der Waals surface area contributed by atoms with Crippen LogP contribution in [-0.4, -0.2) is 18.4 Å². The number of hydrogen-bond donors (Lipinski definition) is 1. The number of nitrogens with one attached hydrogen (secondary N) is 1. The van der Waals surface area contributed by atoms with Crippen LogP contribution >= 0.6 is 34.8 Å². The molecule has 0 aliphatic heterocycles. The van der Waals surface area contributed by atoms with Gasteiger partial charge in [0, 0.05) is 46.3 Å². The molecule has 2 aromatic rings. The fraction of sp³-hybridized carbons (Fsp3) is 0.222. The summed E-state index contributed by atoms with van der Waals surface area (Å²) in [7, 11) is 0. The van der Waals surface area contributed by atoms with Crippen LogP contribution in [0.25, 0.3) is 0 Å². The van der Waals surface area contributed by atoms with Crippen molar-refractivity contribution in [3.8, 4) is 0 Å². The lowest BCUT2D eigenvalue weighted by Crippen LogP contribution is -2.32. The molecular weight excluding hydrogens is 383 g/mol. The predicted molar refractivity (Wildman–Crippen MR) is 104 cm³/mol. The molecule has 1 N–H and O–H groups in total. The zero-order valence-electron chi connectivity index (χ0n) is 13.8. The van der Waals surface area contributed by atoms with Gasteiger partial charge in [-0.3, -0.25) is 9.59 Å². The van der Waals surface area contributed by atoms with E-state index in [1.54, 1.807) is 41.3 Å².